The summed E-state index contributed by atoms with van der Waals surface area (Å²) in [6.07, 6.45) is 4.37. The number of hydrogen-bond donors (Lipinski definition) is 2. The topological polar surface area (TPSA) is 88.1 Å². The maximum Gasteiger partial charge on any atom is 0.251 e. The number of nitrogens with one attached hydrogen (secondary N) is 1. The minimum Gasteiger partial charge on any atom is -0.375 e. The Morgan fingerprint density at radius 3 is 2.35 bits per heavy atom. The molecule has 0 heterocycles. The van der Waals surface area contributed by atoms with E-state index in [4.69, 9.17) is 10.5 Å². The highest BCUT2D eigenvalue weighted by atomic mass is 16.5. The third kappa shape index (κ3) is 6.85. The zero-order chi connectivity index (χ0) is 26.3. The molecule has 4 rings (SSSR count). The quantitative estimate of drug-likeness (QED) is 0.362. The number of nitriles is 1. The molecule has 3 aromatic rings. The third-order valence-electron chi connectivity index (χ3n) is 7.28. The first kappa shape index (κ1) is 26.6. The van der Waals surface area contributed by atoms with Crippen LogP contribution in [0.5, 0.6) is 0 Å². The lowest BCUT2D eigenvalue weighted by molar-refractivity contribution is 0.0789. The standard InChI is InChI=1S/C32H37N3O2/c1-24(27-13-7-4-8-14-27)35-30(36)28-17-26(18-29(19-28)32(22-33)15-9-10-16-32)21-37-23-31(2,34)20-25-11-5-3-6-12-25/h3-8,11-14,17-19,24H,9-10,15-16,20-21,23,34H2,1-2H3,(H,35,36). The Morgan fingerprint density at radius 1 is 1.05 bits per heavy atom. The van der Waals surface area contributed by atoms with Gasteiger partial charge in [-0.1, -0.05) is 79.6 Å². The number of ether oxygens (including phenoxy) is 1. The van der Waals surface area contributed by atoms with E-state index in [0.717, 1.165) is 42.4 Å². The number of nitrogens with two attached hydrogens (primary N) is 1. The predicted octanol–water partition coefficient (Wildman–Crippen LogP) is 5.99. The van der Waals surface area contributed by atoms with Crippen LogP contribution >= 0.6 is 0 Å². The van der Waals surface area contributed by atoms with E-state index in [2.05, 4.69) is 23.5 Å². The SMILES string of the molecule is CC(NC(=O)c1cc(COCC(C)(N)Cc2ccccc2)cc(C2(C#N)CCCC2)c1)c1ccccc1. The molecular formula is C32H37N3O2. The molecule has 0 saturated heterocycles. The van der Waals surface area contributed by atoms with Crippen molar-refractivity contribution >= 4 is 5.91 Å². The fraction of sp³-hybridized carbons (Fsp3) is 0.375. The molecule has 1 fully saturated rings. The highest BCUT2D eigenvalue weighted by molar-refractivity contribution is 5.95. The molecule has 1 saturated carbocycles. The minimum absolute atomic E-state index is 0.135. The fourth-order valence-corrected chi connectivity index (χ4v) is 5.25. The van der Waals surface area contributed by atoms with E-state index in [-0.39, 0.29) is 11.9 Å². The van der Waals surface area contributed by atoms with Crippen molar-refractivity contribution < 1.29 is 9.53 Å². The lowest BCUT2D eigenvalue weighted by atomic mass is 9.79. The molecule has 0 bridgehead atoms. The van der Waals surface area contributed by atoms with E-state index in [1.54, 1.807) is 0 Å². The summed E-state index contributed by atoms with van der Waals surface area (Å²) in [5, 5.41) is 13.2. The van der Waals surface area contributed by atoms with Gasteiger partial charge in [0.05, 0.1) is 30.7 Å². The van der Waals surface area contributed by atoms with Crippen LogP contribution in [0.4, 0.5) is 0 Å². The van der Waals surface area contributed by atoms with Crippen LogP contribution in [0.3, 0.4) is 0 Å². The number of rotatable bonds is 10. The molecule has 0 aliphatic heterocycles. The monoisotopic (exact) mass is 495 g/mol. The molecule has 0 radical (unpaired) electrons. The van der Waals surface area contributed by atoms with Crippen LogP contribution in [0.15, 0.2) is 78.9 Å². The average Bonchev–Trinajstić information content (AvgIpc) is 3.40. The first-order valence-corrected chi connectivity index (χ1v) is 13.1. The Bertz CT molecular complexity index is 1230. The zero-order valence-corrected chi connectivity index (χ0v) is 21.9. The van der Waals surface area contributed by atoms with Crippen molar-refractivity contribution in [2.75, 3.05) is 6.61 Å². The molecule has 1 aliphatic carbocycles. The van der Waals surface area contributed by atoms with E-state index in [9.17, 15) is 10.1 Å². The molecule has 5 heteroatoms. The fourth-order valence-electron chi connectivity index (χ4n) is 5.25. The van der Waals surface area contributed by atoms with Crippen LogP contribution in [-0.4, -0.2) is 18.1 Å². The zero-order valence-electron chi connectivity index (χ0n) is 21.9. The van der Waals surface area contributed by atoms with Gasteiger partial charge in [0.2, 0.25) is 0 Å². The number of hydrogen-bond acceptors (Lipinski definition) is 4. The van der Waals surface area contributed by atoms with E-state index >= 15 is 0 Å². The van der Waals surface area contributed by atoms with E-state index < -0.39 is 11.0 Å². The molecular weight excluding hydrogens is 458 g/mol. The van der Waals surface area contributed by atoms with Crippen LogP contribution in [0.1, 0.15) is 78.2 Å². The second-order valence-corrected chi connectivity index (χ2v) is 10.7. The van der Waals surface area contributed by atoms with Gasteiger partial charge >= 0.3 is 0 Å². The normalized spacial score (nSPS) is 16.9. The molecule has 5 nitrogen and oxygen atoms in total. The van der Waals surface area contributed by atoms with E-state index in [1.165, 1.54) is 5.56 Å². The Labute approximate surface area is 220 Å². The summed E-state index contributed by atoms with van der Waals surface area (Å²) in [7, 11) is 0. The second-order valence-electron chi connectivity index (χ2n) is 10.7. The molecule has 1 aliphatic rings. The Hall–Kier alpha value is -3.46. The molecule has 3 N–H and O–H groups in total. The van der Waals surface area contributed by atoms with Gasteiger partial charge < -0.3 is 15.8 Å². The predicted molar refractivity (Wildman–Crippen MR) is 147 cm³/mol. The largest absolute Gasteiger partial charge is 0.375 e. The summed E-state index contributed by atoms with van der Waals surface area (Å²) < 4.78 is 6.09. The van der Waals surface area contributed by atoms with Crippen molar-refractivity contribution in [3.05, 3.63) is 107 Å². The Kier molecular flexibility index (Phi) is 8.43. The maximum absolute atomic E-state index is 13.3. The highest BCUT2D eigenvalue weighted by Crippen LogP contribution is 2.41. The molecule has 37 heavy (non-hydrogen) atoms. The average molecular weight is 496 g/mol. The first-order chi connectivity index (χ1) is 17.8. The summed E-state index contributed by atoms with van der Waals surface area (Å²) in [5.41, 5.74) is 10.0. The van der Waals surface area contributed by atoms with Gasteiger partial charge in [0.1, 0.15) is 0 Å². The number of benzene rings is 3. The molecule has 192 valence electrons. The number of nitrogens with zero attached hydrogens (tertiary/aromatic N) is 1. The molecule has 2 atom stereocenters. The Morgan fingerprint density at radius 2 is 1.70 bits per heavy atom. The summed E-state index contributed by atoms with van der Waals surface area (Å²) in [6, 6.07) is 28.3. The van der Waals surface area contributed by atoms with Gasteiger partial charge in [0.25, 0.3) is 5.91 Å². The number of carbonyl (C=O) groups excluding carboxylic acids is 1. The van der Waals surface area contributed by atoms with Crippen LogP contribution in [0.2, 0.25) is 0 Å². The second kappa shape index (κ2) is 11.7. The molecule has 2 unspecified atom stereocenters. The van der Waals surface area contributed by atoms with Crippen LogP contribution in [-0.2, 0) is 23.2 Å². The van der Waals surface area contributed by atoms with Crippen LogP contribution in [0.25, 0.3) is 0 Å². The van der Waals surface area contributed by atoms with Crippen molar-refractivity contribution in [2.24, 2.45) is 5.73 Å². The maximum atomic E-state index is 13.3. The molecule has 3 aromatic carbocycles. The lowest BCUT2D eigenvalue weighted by Gasteiger charge is -2.25. The van der Waals surface area contributed by atoms with Crippen molar-refractivity contribution in [3.63, 3.8) is 0 Å². The smallest absolute Gasteiger partial charge is 0.251 e. The van der Waals surface area contributed by atoms with E-state index in [0.29, 0.717) is 25.2 Å². The summed E-state index contributed by atoms with van der Waals surface area (Å²) in [6.45, 7) is 4.67. The lowest BCUT2D eigenvalue weighted by Crippen LogP contribution is -2.43. The van der Waals surface area contributed by atoms with Gasteiger partial charge in [0.15, 0.2) is 0 Å². The van der Waals surface area contributed by atoms with Crippen molar-refractivity contribution in [1.29, 1.82) is 5.26 Å². The molecule has 0 aromatic heterocycles. The first-order valence-electron chi connectivity index (χ1n) is 13.1. The number of amides is 1. The van der Waals surface area contributed by atoms with Crippen LogP contribution in [0, 0.1) is 11.3 Å². The van der Waals surface area contributed by atoms with Gasteiger partial charge in [-0.2, -0.15) is 5.26 Å². The van der Waals surface area contributed by atoms with Gasteiger partial charge in [-0.3, -0.25) is 4.79 Å². The number of carbonyl (C=O) groups is 1. The third-order valence-corrected chi connectivity index (χ3v) is 7.28. The summed E-state index contributed by atoms with van der Waals surface area (Å²) >= 11 is 0. The van der Waals surface area contributed by atoms with Crippen molar-refractivity contribution in [2.45, 2.75) is 69.6 Å². The Balaban J connectivity index is 1.52. The highest BCUT2D eigenvalue weighted by Gasteiger charge is 2.36. The van der Waals surface area contributed by atoms with Crippen LogP contribution < -0.4 is 11.1 Å². The van der Waals surface area contributed by atoms with Gasteiger partial charge in [-0.15, -0.1) is 0 Å². The van der Waals surface area contributed by atoms with Gasteiger partial charge in [-0.05, 0) is 67.5 Å². The van der Waals surface area contributed by atoms with Crippen molar-refractivity contribution in [3.8, 4) is 6.07 Å². The summed E-state index contributed by atoms with van der Waals surface area (Å²) in [4.78, 5) is 13.3. The van der Waals surface area contributed by atoms with Crippen molar-refractivity contribution in [1.82, 2.24) is 5.32 Å². The van der Waals surface area contributed by atoms with Gasteiger partial charge in [0, 0.05) is 11.1 Å². The summed E-state index contributed by atoms with van der Waals surface area (Å²) in [5.74, 6) is -0.154. The molecule has 0 spiro atoms. The van der Waals surface area contributed by atoms with E-state index in [1.807, 2.05) is 80.6 Å². The molecule has 1 amide bonds. The minimum atomic E-state index is -0.550. The van der Waals surface area contributed by atoms with Gasteiger partial charge in [-0.25, -0.2) is 0 Å².